The minimum absolute atomic E-state index is 0.272. The topological polar surface area (TPSA) is 12.4 Å². The predicted octanol–water partition coefficient (Wildman–Crippen LogP) is 2.43. The van der Waals surface area contributed by atoms with Gasteiger partial charge in [-0.2, -0.15) is 0 Å². The lowest BCUT2D eigenvalue weighted by Gasteiger charge is -2.18. The molecular weight excluding hydrogens is 166 g/mol. The summed E-state index contributed by atoms with van der Waals surface area (Å²) in [4.78, 5) is 4.58. The molecule has 2 atom stereocenters. The summed E-state index contributed by atoms with van der Waals surface area (Å²) in [5.41, 5.74) is 0. The highest BCUT2D eigenvalue weighted by Gasteiger charge is 2.15. The minimum Gasteiger partial charge on any atom is -0.270 e. The third kappa shape index (κ3) is 1.39. The lowest BCUT2D eigenvalue weighted by atomic mass is 10.0. The fraction of sp³-hybridized carbons (Fsp3) is 0.300. The molecule has 2 heteroatoms. The van der Waals surface area contributed by atoms with Crippen LogP contribution in [-0.4, -0.2) is 17.3 Å². The van der Waals surface area contributed by atoms with E-state index in [1.807, 2.05) is 0 Å². The molecule has 1 nitrogen and oxygen atoms in total. The summed E-state index contributed by atoms with van der Waals surface area (Å²) in [6.45, 7) is 0. The first kappa shape index (κ1) is 7.87. The molecule has 3 rings (SSSR count). The molecule has 0 aromatic heterocycles. The summed E-state index contributed by atoms with van der Waals surface area (Å²) in [7, 11) is 0. The lowest BCUT2D eigenvalue weighted by molar-refractivity contribution is 0.946. The van der Waals surface area contributed by atoms with Crippen LogP contribution in [0.25, 0.3) is 0 Å². The van der Waals surface area contributed by atoms with Crippen molar-refractivity contribution in [1.82, 2.24) is 0 Å². The van der Waals surface area contributed by atoms with E-state index in [4.69, 9.17) is 0 Å². The highest BCUT2D eigenvalue weighted by atomic mass is 32.2. The molecule has 0 spiro atoms. The molecule has 0 aromatic carbocycles. The zero-order valence-corrected chi connectivity index (χ0v) is 7.79. The van der Waals surface area contributed by atoms with Crippen LogP contribution in [0.2, 0.25) is 0 Å². The standard InChI is InChI=1S/C10H11NS/c1-12-10-8-4-2-3-5-9(11-10)7-6-8/h2-9H,1H3/b4-2-,5-3-. The average molecular weight is 177 g/mol. The van der Waals surface area contributed by atoms with Gasteiger partial charge in [0.2, 0.25) is 0 Å². The average Bonchev–Trinajstić information content (AvgIpc) is 2.05. The second-order valence-electron chi connectivity index (χ2n) is 2.84. The van der Waals surface area contributed by atoms with Gasteiger partial charge in [0.25, 0.3) is 0 Å². The van der Waals surface area contributed by atoms with Crippen molar-refractivity contribution < 1.29 is 0 Å². The summed E-state index contributed by atoms with van der Waals surface area (Å²) in [5.74, 6) is 0.418. The van der Waals surface area contributed by atoms with Gasteiger partial charge in [0.1, 0.15) is 0 Å². The van der Waals surface area contributed by atoms with Crippen molar-refractivity contribution in [1.29, 1.82) is 0 Å². The smallest absolute Gasteiger partial charge is 0.0874 e. The summed E-state index contributed by atoms with van der Waals surface area (Å²) in [6.07, 6.45) is 14.9. The van der Waals surface area contributed by atoms with Gasteiger partial charge in [0.05, 0.1) is 11.1 Å². The van der Waals surface area contributed by atoms with Gasteiger partial charge in [-0.05, 0) is 6.26 Å². The summed E-state index contributed by atoms with van der Waals surface area (Å²) in [6, 6.07) is 0.272. The number of nitrogens with zero attached hydrogens (tertiary/aromatic N) is 1. The Morgan fingerprint density at radius 2 is 2.00 bits per heavy atom. The van der Waals surface area contributed by atoms with Crippen LogP contribution >= 0.6 is 11.8 Å². The van der Waals surface area contributed by atoms with Crippen molar-refractivity contribution in [3.05, 3.63) is 36.5 Å². The third-order valence-corrected chi connectivity index (χ3v) is 2.82. The van der Waals surface area contributed by atoms with Gasteiger partial charge in [-0.1, -0.05) is 36.5 Å². The molecule has 12 heavy (non-hydrogen) atoms. The van der Waals surface area contributed by atoms with Crippen molar-refractivity contribution in [3.63, 3.8) is 0 Å². The molecule has 0 amide bonds. The summed E-state index contributed by atoms with van der Waals surface area (Å²) >= 11 is 1.75. The van der Waals surface area contributed by atoms with Crippen molar-refractivity contribution in [3.8, 4) is 0 Å². The maximum absolute atomic E-state index is 4.58. The number of thioether (sulfide) groups is 1. The van der Waals surface area contributed by atoms with E-state index < -0.39 is 0 Å². The van der Waals surface area contributed by atoms with E-state index in [0.29, 0.717) is 5.92 Å². The van der Waals surface area contributed by atoms with Crippen LogP contribution in [0.5, 0.6) is 0 Å². The van der Waals surface area contributed by atoms with E-state index in [1.165, 1.54) is 5.04 Å². The monoisotopic (exact) mass is 177 g/mol. The Labute approximate surface area is 77.0 Å². The Bertz CT molecular complexity index is 286. The first-order valence-corrected chi connectivity index (χ1v) is 5.27. The van der Waals surface area contributed by atoms with Crippen molar-refractivity contribution in [2.45, 2.75) is 6.04 Å². The molecule has 3 aliphatic rings. The van der Waals surface area contributed by atoms with Crippen molar-refractivity contribution >= 4 is 16.8 Å². The van der Waals surface area contributed by atoms with Gasteiger partial charge >= 0.3 is 0 Å². The van der Waals surface area contributed by atoms with Gasteiger partial charge in [0.15, 0.2) is 0 Å². The molecule has 2 unspecified atom stereocenters. The predicted molar refractivity (Wildman–Crippen MR) is 55.6 cm³/mol. The number of rotatable bonds is 0. The van der Waals surface area contributed by atoms with Gasteiger partial charge in [0, 0.05) is 5.92 Å². The molecule has 0 fully saturated rings. The number of aliphatic imine (C=N–C) groups is 1. The number of allylic oxidation sites excluding steroid dienone is 4. The molecule has 2 heterocycles. The largest absolute Gasteiger partial charge is 0.270 e. The Hall–Kier alpha value is -0.760. The summed E-state index contributed by atoms with van der Waals surface area (Å²) < 4.78 is 0. The fourth-order valence-electron chi connectivity index (χ4n) is 1.40. The molecule has 0 saturated carbocycles. The Kier molecular flexibility index (Phi) is 2.17. The molecule has 0 N–H and O–H groups in total. The van der Waals surface area contributed by atoms with Crippen LogP contribution in [0.4, 0.5) is 0 Å². The first-order valence-electron chi connectivity index (χ1n) is 4.05. The van der Waals surface area contributed by atoms with E-state index in [2.05, 4.69) is 47.7 Å². The van der Waals surface area contributed by atoms with Crippen LogP contribution in [0.1, 0.15) is 0 Å². The van der Waals surface area contributed by atoms with Crippen LogP contribution in [0.3, 0.4) is 0 Å². The second kappa shape index (κ2) is 3.31. The summed E-state index contributed by atoms with van der Waals surface area (Å²) in [5, 5.41) is 1.23. The van der Waals surface area contributed by atoms with E-state index in [9.17, 15) is 0 Å². The van der Waals surface area contributed by atoms with Crippen LogP contribution in [-0.2, 0) is 0 Å². The van der Waals surface area contributed by atoms with Crippen LogP contribution < -0.4 is 0 Å². The van der Waals surface area contributed by atoms with Gasteiger partial charge in [-0.25, -0.2) is 0 Å². The Morgan fingerprint density at radius 1 is 1.17 bits per heavy atom. The molecule has 0 radical (unpaired) electrons. The Morgan fingerprint density at radius 3 is 2.83 bits per heavy atom. The second-order valence-corrected chi connectivity index (χ2v) is 3.67. The molecule has 2 aliphatic heterocycles. The third-order valence-electron chi connectivity index (χ3n) is 2.02. The maximum Gasteiger partial charge on any atom is 0.0874 e. The van der Waals surface area contributed by atoms with E-state index in [1.54, 1.807) is 11.8 Å². The van der Waals surface area contributed by atoms with Crippen LogP contribution in [0, 0.1) is 5.92 Å². The quantitative estimate of drug-likeness (QED) is 0.518. The molecule has 0 aromatic rings. The van der Waals surface area contributed by atoms with Crippen LogP contribution in [0.15, 0.2) is 41.4 Å². The highest BCUT2D eigenvalue weighted by molar-refractivity contribution is 8.13. The first-order chi connectivity index (χ1) is 5.90. The van der Waals surface area contributed by atoms with Crippen molar-refractivity contribution in [2.75, 3.05) is 6.26 Å². The maximum atomic E-state index is 4.58. The molecule has 1 aliphatic carbocycles. The lowest BCUT2D eigenvalue weighted by Crippen LogP contribution is -2.15. The zero-order valence-electron chi connectivity index (χ0n) is 6.97. The number of dihydropyridines is 1. The van der Waals surface area contributed by atoms with E-state index in [0.717, 1.165) is 0 Å². The van der Waals surface area contributed by atoms with Gasteiger partial charge in [-0.3, -0.25) is 4.99 Å². The molecule has 0 saturated heterocycles. The minimum atomic E-state index is 0.272. The van der Waals surface area contributed by atoms with Crippen molar-refractivity contribution in [2.24, 2.45) is 10.9 Å². The van der Waals surface area contributed by atoms with E-state index in [-0.39, 0.29) is 6.04 Å². The molecular formula is C10H11NS. The molecule has 2 bridgehead atoms. The molecule has 62 valence electrons. The SMILES string of the molecule is CSC1=NC2C=CC1/C=C\C=C/2. The normalized spacial score (nSPS) is 36.9. The highest BCUT2D eigenvalue weighted by Crippen LogP contribution is 2.22. The van der Waals surface area contributed by atoms with Gasteiger partial charge < -0.3 is 0 Å². The number of fused-ring (bicyclic) bond motifs is 1. The zero-order chi connectivity index (χ0) is 8.39. The number of hydrogen-bond acceptors (Lipinski definition) is 2. The van der Waals surface area contributed by atoms with Gasteiger partial charge in [-0.15, -0.1) is 11.8 Å². The Balaban J connectivity index is 2.37. The van der Waals surface area contributed by atoms with E-state index >= 15 is 0 Å². The number of hydrogen-bond donors (Lipinski definition) is 0. The fourth-order valence-corrected chi connectivity index (χ4v) is 2.05.